The van der Waals surface area contributed by atoms with Gasteiger partial charge in [-0.3, -0.25) is 9.59 Å². The van der Waals surface area contributed by atoms with E-state index in [1.54, 1.807) is 30.0 Å². The molecule has 6 nitrogen and oxygen atoms in total. The van der Waals surface area contributed by atoms with Crippen molar-refractivity contribution in [2.24, 2.45) is 0 Å². The molecule has 0 spiro atoms. The minimum absolute atomic E-state index is 0.134. The van der Waals surface area contributed by atoms with Gasteiger partial charge in [-0.1, -0.05) is 42.5 Å². The second-order valence-electron chi connectivity index (χ2n) is 6.57. The highest BCUT2D eigenvalue weighted by Gasteiger charge is 2.17. The number of carbonyl (C=O) groups is 2. The summed E-state index contributed by atoms with van der Waals surface area (Å²) in [6.07, 6.45) is 0. The number of nitrogens with one attached hydrogen (secondary N) is 2. The Hall–Kier alpha value is -3.45. The molecule has 152 valence electrons. The number of rotatable bonds is 7. The molecule has 0 saturated heterocycles. The summed E-state index contributed by atoms with van der Waals surface area (Å²) >= 11 is 1.65. The fourth-order valence-corrected chi connectivity index (χ4v) is 3.89. The molecule has 0 fully saturated rings. The van der Waals surface area contributed by atoms with Crippen LogP contribution in [-0.2, 0) is 10.5 Å². The Kier molecular flexibility index (Phi) is 6.20. The van der Waals surface area contributed by atoms with Gasteiger partial charge in [0.25, 0.3) is 5.91 Å². The number of hydrogen-bond donors (Lipinski definition) is 2. The first kappa shape index (κ1) is 19.8. The first-order chi connectivity index (χ1) is 14.7. The summed E-state index contributed by atoms with van der Waals surface area (Å²) in [6.45, 7) is 0.00939. The minimum Gasteiger partial charge on any atom is -0.454 e. The third-order valence-electron chi connectivity index (χ3n) is 4.44. The lowest BCUT2D eigenvalue weighted by molar-refractivity contribution is -0.115. The molecule has 0 atom stereocenters. The van der Waals surface area contributed by atoms with Crippen LogP contribution in [0.2, 0.25) is 0 Å². The highest BCUT2D eigenvalue weighted by atomic mass is 32.2. The van der Waals surface area contributed by atoms with Crippen LogP contribution < -0.4 is 20.1 Å². The number of thioether (sulfide) groups is 1. The first-order valence-electron chi connectivity index (χ1n) is 9.42. The van der Waals surface area contributed by atoms with Gasteiger partial charge in [-0.2, -0.15) is 0 Å². The molecule has 0 unspecified atom stereocenters. The van der Waals surface area contributed by atoms with Gasteiger partial charge >= 0.3 is 0 Å². The zero-order valence-electron chi connectivity index (χ0n) is 16.1. The molecule has 3 aromatic rings. The normalized spacial score (nSPS) is 11.7. The predicted octanol–water partition coefficient (Wildman–Crippen LogP) is 4.08. The van der Waals surface area contributed by atoms with Gasteiger partial charge < -0.3 is 20.1 Å². The molecule has 7 heteroatoms. The Morgan fingerprint density at radius 2 is 1.67 bits per heavy atom. The van der Waals surface area contributed by atoms with Gasteiger partial charge in [0, 0.05) is 16.2 Å². The van der Waals surface area contributed by atoms with Crippen LogP contribution in [0.5, 0.6) is 11.5 Å². The SMILES string of the molecule is O=C(CNC(=O)c1ccc2c(c1)OCO2)Nc1ccccc1SCc1ccccc1. The van der Waals surface area contributed by atoms with Crippen LogP contribution >= 0.6 is 11.8 Å². The lowest BCUT2D eigenvalue weighted by atomic mass is 10.2. The molecular weight excluding hydrogens is 400 g/mol. The zero-order chi connectivity index (χ0) is 20.8. The molecule has 30 heavy (non-hydrogen) atoms. The molecule has 0 saturated carbocycles. The molecule has 1 aliphatic heterocycles. The third kappa shape index (κ3) is 4.93. The Balaban J connectivity index is 1.32. The van der Waals surface area contributed by atoms with Crippen molar-refractivity contribution in [3.63, 3.8) is 0 Å². The van der Waals surface area contributed by atoms with Crippen molar-refractivity contribution < 1.29 is 19.1 Å². The number of para-hydroxylation sites is 1. The van der Waals surface area contributed by atoms with Crippen molar-refractivity contribution in [3.8, 4) is 11.5 Å². The molecule has 1 heterocycles. The van der Waals surface area contributed by atoms with E-state index in [0.717, 1.165) is 16.3 Å². The number of ether oxygens (including phenoxy) is 2. The number of anilines is 1. The maximum atomic E-state index is 12.4. The summed E-state index contributed by atoms with van der Waals surface area (Å²) in [7, 11) is 0. The van der Waals surface area contributed by atoms with Crippen LogP contribution in [0.1, 0.15) is 15.9 Å². The molecule has 2 amide bonds. The van der Waals surface area contributed by atoms with Gasteiger partial charge in [0.15, 0.2) is 11.5 Å². The average molecular weight is 420 g/mol. The molecule has 2 N–H and O–H groups in total. The summed E-state index contributed by atoms with van der Waals surface area (Å²) in [5.41, 5.74) is 2.34. The van der Waals surface area contributed by atoms with Crippen molar-refractivity contribution >= 4 is 29.3 Å². The molecule has 0 aromatic heterocycles. The fraction of sp³-hybridized carbons (Fsp3) is 0.130. The van der Waals surface area contributed by atoms with Gasteiger partial charge in [0.05, 0.1) is 12.2 Å². The van der Waals surface area contributed by atoms with Crippen LogP contribution in [0.3, 0.4) is 0 Å². The lowest BCUT2D eigenvalue weighted by Gasteiger charge is -2.11. The zero-order valence-corrected chi connectivity index (χ0v) is 16.9. The van der Waals surface area contributed by atoms with Crippen molar-refractivity contribution in [3.05, 3.63) is 83.9 Å². The number of amides is 2. The molecule has 0 aliphatic carbocycles. The highest BCUT2D eigenvalue weighted by molar-refractivity contribution is 7.98. The van der Waals surface area contributed by atoms with E-state index in [4.69, 9.17) is 9.47 Å². The Morgan fingerprint density at radius 3 is 2.53 bits per heavy atom. The average Bonchev–Trinajstić information content (AvgIpc) is 3.25. The summed E-state index contributed by atoms with van der Waals surface area (Å²) < 4.78 is 10.5. The van der Waals surface area contributed by atoms with E-state index in [1.807, 2.05) is 42.5 Å². The molecule has 4 rings (SSSR count). The summed E-state index contributed by atoms with van der Waals surface area (Å²) in [4.78, 5) is 25.7. The van der Waals surface area contributed by atoms with Crippen LogP contribution in [0.25, 0.3) is 0 Å². The third-order valence-corrected chi connectivity index (χ3v) is 5.59. The largest absolute Gasteiger partial charge is 0.454 e. The van der Waals surface area contributed by atoms with Crippen LogP contribution in [0.4, 0.5) is 5.69 Å². The van der Waals surface area contributed by atoms with Gasteiger partial charge in [-0.25, -0.2) is 0 Å². The lowest BCUT2D eigenvalue weighted by Crippen LogP contribution is -2.32. The molecular formula is C23H20N2O4S. The minimum atomic E-state index is -0.352. The van der Waals surface area contributed by atoms with Crippen molar-refractivity contribution in [2.45, 2.75) is 10.6 Å². The quantitative estimate of drug-likeness (QED) is 0.564. The standard InChI is InChI=1S/C23H20N2O4S/c26-22(13-24-23(27)17-10-11-19-20(12-17)29-15-28-19)25-18-8-4-5-9-21(18)30-14-16-6-2-1-3-7-16/h1-12H,13-15H2,(H,24,27)(H,25,26). The Bertz CT molecular complexity index is 1060. The van der Waals surface area contributed by atoms with E-state index in [1.165, 1.54) is 5.56 Å². The van der Waals surface area contributed by atoms with E-state index in [2.05, 4.69) is 22.8 Å². The van der Waals surface area contributed by atoms with Crippen LogP contribution in [0, 0.1) is 0 Å². The Morgan fingerprint density at radius 1 is 0.900 bits per heavy atom. The van der Waals surface area contributed by atoms with Crippen LogP contribution in [0.15, 0.2) is 77.7 Å². The number of carbonyl (C=O) groups excluding carboxylic acids is 2. The van der Waals surface area contributed by atoms with E-state index in [9.17, 15) is 9.59 Å². The topological polar surface area (TPSA) is 76.7 Å². The molecule has 3 aromatic carbocycles. The van der Waals surface area contributed by atoms with Gasteiger partial charge in [0.2, 0.25) is 12.7 Å². The first-order valence-corrected chi connectivity index (χ1v) is 10.4. The maximum absolute atomic E-state index is 12.4. The van der Waals surface area contributed by atoms with Gasteiger partial charge in [0.1, 0.15) is 0 Å². The summed E-state index contributed by atoms with van der Waals surface area (Å²) in [5.74, 6) is 1.28. The van der Waals surface area contributed by atoms with E-state index in [0.29, 0.717) is 17.1 Å². The Labute approximate surface area is 178 Å². The highest BCUT2D eigenvalue weighted by Crippen LogP contribution is 2.32. The van der Waals surface area contributed by atoms with Crippen molar-refractivity contribution in [2.75, 3.05) is 18.7 Å². The second kappa shape index (κ2) is 9.37. The molecule has 0 radical (unpaired) electrons. The fourth-order valence-electron chi connectivity index (χ4n) is 2.93. The maximum Gasteiger partial charge on any atom is 0.251 e. The van der Waals surface area contributed by atoms with E-state index < -0.39 is 0 Å². The summed E-state index contributed by atoms with van der Waals surface area (Å²) in [6, 6.07) is 22.7. The van der Waals surface area contributed by atoms with Gasteiger partial charge in [-0.15, -0.1) is 11.8 Å². The van der Waals surface area contributed by atoms with Gasteiger partial charge in [-0.05, 0) is 35.9 Å². The number of benzene rings is 3. The van der Waals surface area contributed by atoms with Crippen molar-refractivity contribution in [1.29, 1.82) is 0 Å². The molecule has 0 bridgehead atoms. The second-order valence-corrected chi connectivity index (χ2v) is 7.59. The van der Waals surface area contributed by atoms with E-state index >= 15 is 0 Å². The predicted molar refractivity (Wildman–Crippen MR) is 116 cm³/mol. The monoisotopic (exact) mass is 420 g/mol. The summed E-state index contributed by atoms with van der Waals surface area (Å²) in [5, 5.41) is 5.51. The molecule has 1 aliphatic rings. The van der Waals surface area contributed by atoms with Crippen molar-refractivity contribution in [1.82, 2.24) is 5.32 Å². The number of hydrogen-bond acceptors (Lipinski definition) is 5. The smallest absolute Gasteiger partial charge is 0.251 e. The van der Waals surface area contributed by atoms with E-state index in [-0.39, 0.29) is 25.2 Å². The number of fused-ring (bicyclic) bond motifs is 1. The van der Waals surface area contributed by atoms with Crippen LogP contribution in [-0.4, -0.2) is 25.2 Å².